The number of methoxy groups -OCH3 is 1. The maximum atomic E-state index is 5.27. The van der Waals surface area contributed by atoms with Gasteiger partial charge in [-0.1, -0.05) is 12.1 Å². The summed E-state index contributed by atoms with van der Waals surface area (Å²) in [6.07, 6.45) is 6.08. The van der Waals surface area contributed by atoms with Crippen molar-refractivity contribution in [2.75, 3.05) is 7.11 Å². The van der Waals surface area contributed by atoms with Gasteiger partial charge in [0.1, 0.15) is 5.75 Å². The largest absolute Gasteiger partial charge is 0.497 e. The standard InChI is InChI=1S/C13H16O/c1-10-7-12(9-13(8-10)14-2)11-5-3-4-6-11/h5,7-9H,3-4,6H2,1-2H3. The summed E-state index contributed by atoms with van der Waals surface area (Å²) in [7, 11) is 1.72. The predicted molar refractivity (Wildman–Crippen MR) is 59.6 cm³/mol. The quantitative estimate of drug-likeness (QED) is 0.689. The number of benzene rings is 1. The van der Waals surface area contributed by atoms with Gasteiger partial charge in [-0.15, -0.1) is 0 Å². The molecule has 0 saturated heterocycles. The summed E-state index contributed by atoms with van der Waals surface area (Å²) in [6, 6.07) is 6.43. The molecule has 0 atom stereocenters. The minimum Gasteiger partial charge on any atom is -0.497 e. The number of rotatable bonds is 2. The minimum atomic E-state index is 0.966. The van der Waals surface area contributed by atoms with Crippen LogP contribution in [-0.2, 0) is 0 Å². The second kappa shape index (κ2) is 3.87. The summed E-state index contributed by atoms with van der Waals surface area (Å²) in [5.41, 5.74) is 4.08. The molecule has 1 heteroatoms. The van der Waals surface area contributed by atoms with Gasteiger partial charge in [0.05, 0.1) is 7.11 Å². The summed E-state index contributed by atoms with van der Waals surface area (Å²) in [6.45, 7) is 2.11. The van der Waals surface area contributed by atoms with Crippen LogP contribution in [0.15, 0.2) is 24.3 Å². The van der Waals surface area contributed by atoms with E-state index < -0.39 is 0 Å². The zero-order chi connectivity index (χ0) is 9.97. The number of allylic oxidation sites excluding steroid dienone is 2. The van der Waals surface area contributed by atoms with Gasteiger partial charge in [-0.25, -0.2) is 0 Å². The molecular weight excluding hydrogens is 172 g/mol. The fraction of sp³-hybridized carbons (Fsp3) is 0.385. The van der Waals surface area contributed by atoms with Crippen LogP contribution in [-0.4, -0.2) is 7.11 Å². The van der Waals surface area contributed by atoms with E-state index >= 15 is 0 Å². The van der Waals surface area contributed by atoms with Crippen molar-refractivity contribution in [2.45, 2.75) is 26.2 Å². The lowest BCUT2D eigenvalue weighted by atomic mass is 10.0. The fourth-order valence-electron chi connectivity index (χ4n) is 1.98. The first-order valence-corrected chi connectivity index (χ1v) is 5.14. The van der Waals surface area contributed by atoms with Crippen LogP contribution in [0.4, 0.5) is 0 Å². The third-order valence-corrected chi connectivity index (χ3v) is 2.70. The highest BCUT2D eigenvalue weighted by molar-refractivity contribution is 5.68. The van der Waals surface area contributed by atoms with Gasteiger partial charge in [-0.3, -0.25) is 0 Å². The Labute approximate surface area is 85.4 Å². The van der Waals surface area contributed by atoms with Gasteiger partial charge in [-0.2, -0.15) is 0 Å². The highest BCUT2D eigenvalue weighted by Crippen LogP contribution is 2.30. The van der Waals surface area contributed by atoms with Crippen LogP contribution in [0.25, 0.3) is 5.57 Å². The molecule has 1 nitrogen and oxygen atoms in total. The Hall–Kier alpha value is -1.24. The molecule has 0 fully saturated rings. The highest BCUT2D eigenvalue weighted by atomic mass is 16.5. The van der Waals surface area contributed by atoms with Crippen molar-refractivity contribution in [3.63, 3.8) is 0 Å². The lowest BCUT2D eigenvalue weighted by molar-refractivity contribution is 0.414. The normalized spacial score (nSPS) is 15.4. The van der Waals surface area contributed by atoms with Crippen LogP contribution in [0.1, 0.15) is 30.4 Å². The van der Waals surface area contributed by atoms with Crippen molar-refractivity contribution < 1.29 is 4.74 Å². The molecule has 0 N–H and O–H groups in total. The van der Waals surface area contributed by atoms with E-state index in [1.807, 2.05) is 0 Å². The SMILES string of the molecule is COc1cc(C)cc(C2=CCCC2)c1. The maximum Gasteiger partial charge on any atom is 0.119 e. The molecule has 0 spiro atoms. The molecule has 0 heterocycles. The van der Waals surface area contributed by atoms with E-state index in [1.165, 1.54) is 36.0 Å². The zero-order valence-corrected chi connectivity index (χ0v) is 8.84. The number of hydrogen-bond donors (Lipinski definition) is 0. The summed E-state index contributed by atoms with van der Waals surface area (Å²) in [5, 5.41) is 0. The van der Waals surface area contributed by atoms with Crippen molar-refractivity contribution >= 4 is 5.57 Å². The molecule has 74 valence electrons. The first-order chi connectivity index (χ1) is 6.79. The smallest absolute Gasteiger partial charge is 0.119 e. The molecule has 1 aliphatic carbocycles. The van der Waals surface area contributed by atoms with Gasteiger partial charge >= 0.3 is 0 Å². The maximum absolute atomic E-state index is 5.27. The fourth-order valence-corrected chi connectivity index (χ4v) is 1.98. The summed E-state index contributed by atoms with van der Waals surface area (Å²) < 4.78 is 5.27. The van der Waals surface area contributed by atoms with E-state index in [1.54, 1.807) is 7.11 Å². The van der Waals surface area contributed by atoms with Gasteiger partial charge in [0.2, 0.25) is 0 Å². The molecule has 0 amide bonds. The molecular formula is C13H16O. The molecule has 2 rings (SSSR count). The Bertz CT molecular complexity index is 363. The van der Waals surface area contributed by atoms with Crippen LogP contribution in [0.5, 0.6) is 5.75 Å². The topological polar surface area (TPSA) is 9.23 Å². The van der Waals surface area contributed by atoms with Gasteiger partial charge in [0.25, 0.3) is 0 Å². The van der Waals surface area contributed by atoms with Crippen LogP contribution in [0, 0.1) is 6.92 Å². The molecule has 0 radical (unpaired) electrons. The van der Waals surface area contributed by atoms with E-state index in [0.29, 0.717) is 0 Å². The van der Waals surface area contributed by atoms with Crippen LogP contribution in [0.2, 0.25) is 0 Å². The van der Waals surface area contributed by atoms with Gasteiger partial charge in [-0.05, 0) is 55.0 Å². The molecule has 0 aromatic heterocycles. The molecule has 1 aromatic carbocycles. The predicted octanol–water partition coefficient (Wildman–Crippen LogP) is 3.57. The van der Waals surface area contributed by atoms with E-state index in [0.717, 1.165) is 5.75 Å². The van der Waals surface area contributed by atoms with Crippen molar-refractivity contribution in [2.24, 2.45) is 0 Å². The molecule has 14 heavy (non-hydrogen) atoms. The average molecular weight is 188 g/mol. The highest BCUT2D eigenvalue weighted by Gasteiger charge is 2.08. The summed E-state index contributed by atoms with van der Waals surface area (Å²) in [4.78, 5) is 0. The summed E-state index contributed by atoms with van der Waals surface area (Å²) >= 11 is 0. The van der Waals surface area contributed by atoms with Crippen LogP contribution < -0.4 is 4.74 Å². The van der Waals surface area contributed by atoms with E-state index in [9.17, 15) is 0 Å². The van der Waals surface area contributed by atoms with E-state index in [4.69, 9.17) is 4.74 Å². The number of aryl methyl sites for hydroxylation is 1. The molecule has 1 aromatic rings. The molecule has 0 saturated carbocycles. The van der Waals surface area contributed by atoms with Crippen molar-refractivity contribution in [3.8, 4) is 5.75 Å². The lowest BCUT2D eigenvalue weighted by Crippen LogP contribution is -1.88. The van der Waals surface area contributed by atoms with E-state index in [-0.39, 0.29) is 0 Å². The summed E-state index contributed by atoms with van der Waals surface area (Å²) in [5.74, 6) is 0.966. The second-order valence-electron chi connectivity index (χ2n) is 3.86. The monoisotopic (exact) mass is 188 g/mol. The lowest BCUT2D eigenvalue weighted by Gasteiger charge is -2.07. The Balaban J connectivity index is 2.37. The van der Waals surface area contributed by atoms with Crippen molar-refractivity contribution in [1.29, 1.82) is 0 Å². The van der Waals surface area contributed by atoms with Gasteiger partial charge in [0.15, 0.2) is 0 Å². The molecule has 1 aliphatic rings. The first kappa shape index (κ1) is 9.32. The van der Waals surface area contributed by atoms with Crippen molar-refractivity contribution in [1.82, 2.24) is 0 Å². The Morgan fingerprint density at radius 2 is 2.07 bits per heavy atom. The Kier molecular flexibility index (Phi) is 2.58. The molecule has 0 aliphatic heterocycles. The Morgan fingerprint density at radius 1 is 1.21 bits per heavy atom. The minimum absolute atomic E-state index is 0.966. The molecule has 0 bridgehead atoms. The number of hydrogen-bond acceptors (Lipinski definition) is 1. The Morgan fingerprint density at radius 3 is 2.71 bits per heavy atom. The van der Waals surface area contributed by atoms with E-state index in [2.05, 4.69) is 31.2 Å². The average Bonchev–Trinajstić information content (AvgIpc) is 2.69. The first-order valence-electron chi connectivity index (χ1n) is 5.14. The van der Waals surface area contributed by atoms with Gasteiger partial charge in [0, 0.05) is 0 Å². The van der Waals surface area contributed by atoms with Gasteiger partial charge < -0.3 is 4.74 Å². The zero-order valence-electron chi connectivity index (χ0n) is 8.84. The van der Waals surface area contributed by atoms with Crippen molar-refractivity contribution in [3.05, 3.63) is 35.4 Å². The van der Waals surface area contributed by atoms with Crippen LogP contribution >= 0.6 is 0 Å². The third-order valence-electron chi connectivity index (χ3n) is 2.70. The number of ether oxygens (including phenoxy) is 1. The third kappa shape index (κ3) is 1.82. The second-order valence-corrected chi connectivity index (χ2v) is 3.86. The molecule has 0 unspecified atom stereocenters. The van der Waals surface area contributed by atoms with Crippen LogP contribution in [0.3, 0.4) is 0 Å².